The second kappa shape index (κ2) is 5.05. The molecule has 0 spiro atoms. The molecule has 1 aliphatic rings. The molecule has 0 fully saturated rings. The lowest BCUT2D eigenvalue weighted by Crippen LogP contribution is -2.08. The first-order valence-corrected chi connectivity index (χ1v) is 6.65. The average Bonchev–Trinajstić information content (AvgIpc) is 2.91. The van der Waals surface area contributed by atoms with Crippen molar-refractivity contribution >= 4 is 11.3 Å². The Morgan fingerprint density at radius 1 is 1.43 bits per heavy atom. The van der Waals surface area contributed by atoms with Crippen LogP contribution in [-0.4, -0.2) is 21.6 Å². The van der Waals surface area contributed by atoms with Gasteiger partial charge in [0.25, 0.3) is 0 Å². The van der Waals surface area contributed by atoms with E-state index in [0.29, 0.717) is 12.2 Å². The van der Waals surface area contributed by atoms with Crippen LogP contribution < -0.4 is 4.74 Å². The molecule has 0 unspecified atom stereocenters. The number of fused-ring (bicyclic) bond motifs is 1. The summed E-state index contributed by atoms with van der Waals surface area (Å²) in [5.74, 6) is 0.310. The van der Waals surface area contributed by atoms with E-state index in [1.807, 2.05) is 17.7 Å². The normalized spacial score (nSPS) is 13.5. The highest BCUT2D eigenvalue weighted by atomic mass is 16.6. The predicted octanol–water partition coefficient (Wildman–Crippen LogP) is 2.71. The minimum atomic E-state index is -0.357. The third-order valence-corrected chi connectivity index (χ3v) is 3.77. The summed E-state index contributed by atoms with van der Waals surface area (Å²) < 4.78 is 7.06. The molecule has 3 rings (SSSR count). The topological polar surface area (TPSA) is 70.2 Å². The molecule has 6 heteroatoms. The van der Waals surface area contributed by atoms with Crippen LogP contribution in [0.25, 0.3) is 5.57 Å². The van der Waals surface area contributed by atoms with Crippen LogP contribution in [-0.2, 0) is 13.5 Å². The summed E-state index contributed by atoms with van der Waals surface area (Å²) in [7, 11) is 3.37. The lowest BCUT2D eigenvalue weighted by Gasteiger charge is -2.19. The zero-order chi connectivity index (χ0) is 15.0. The Bertz CT molecular complexity index is 747. The fourth-order valence-corrected chi connectivity index (χ4v) is 2.82. The van der Waals surface area contributed by atoms with Crippen molar-refractivity contribution in [1.29, 1.82) is 0 Å². The van der Waals surface area contributed by atoms with Crippen LogP contribution in [0.4, 0.5) is 5.69 Å². The van der Waals surface area contributed by atoms with E-state index in [-0.39, 0.29) is 10.6 Å². The highest BCUT2D eigenvalue weighted by Gasteiger charge is 2.27. The number of rotatable bonds is 3. The Kier molecular flexibility index (Phi) is 3.21. The van der Waals surface area contributed by atoms with Gasteiger partial charge in [0.15, 0.2) is 5.75 Å². The van der Waals surface area contributed by atoms with E-state index in [2.05, 4.69) is 11.1 Å². The number of ether oxygens (including phenoxy) is 1. The molecular weight excluding hydrogens is 270 g/mol. The van der Waals surface area contributed by atoms with E-state index in [1.165, 1.54) is 7.11 Å². The van der Waals surface area contributed by atoms with Gasteiger partial charge in [-0.1, -0.05) is 6.08 Å². The summed E-state index contributed by atoms with van der Waals surface area (Å²) in [6, 6.07) is 3.55. The Labute approximate surface area is 121 Å². The predicted molar refractivity (Wildman–Crippen MR) is 78.3 cm³/mol. The number of allylic oxidation sites excluding steroid dienone is 1. The second-order valence-corrected chi connectivity index (χ2v) is 4.95. The smallest absolute Gasteiger partial charge is 0.314 e. The maximum atomic E-state index is 11.4. The molecule has 1 heterocycles. The number of aromatic nitrogens is 2. The van der Waals surface area contributed by atoms with Crippen molar-refractivity contribution in [2.45, 2.75) is 12.8 Å². The van der Waals surface area contributed by atoms with Gasteiger partial charge < -0.3 is 9.30 Å². The van der Waals surface area contributed by atoms with Crippen LogP contribution in [0.15, 0.2) is 30.7 Å². The highest BCUT2D eigenvalue weighted by molar-refractivity contribution is 5.83. The van der Waals surface area contributed by atoms with Gasteiger partial charge in [-0.2, -0.15) is 0 Å². The highest BCUT2D eigenvalue weighted by Crippen LogP contribution is 2.40. The zero-order valence-corrected chi connectivity index (χ0v) is 11.9. The summed E-state index contributed by atoms with van der Waals surface area (Å²) in [6.07, 6.45) is 7.01. The van der Waals surface area contributed by atoms with Crippen LogP contribution in [0.3, 0.4) is 0 Å². The maximum Gasteiger partial charge on any atom is 0.314 e. The van der Waals surface area contributed by atoms with E-state index < -0.39 is 0 Å². The van der Waals surface area contributed by atoms with Crippen molar-refractivity contribution in [1.82, 2.24) is 9.55 Å². The molecule has 1 aromatic heterocycles. The van der Waals surface area contributed by atoms with Gasteiger partial charge in [-0.05, 0) is 30.5 Å². The molecule has 2 aromatic rings. The van der Waals surface area contributed by atoms with Crippen LogP contribution in [0.5, 0.6) is 5.75 Å². The number of nitro benzene ring substituents is 1. The SMILES string of the molecule is COc1ccc2c(c1[N+](=O)[O-])CCC=C2c1cncn1C. The summed E-state index contributed by atoms with van der Waals surface area (Å²) in [4.78, 5) is 15.2. The molecule has 1 aliphatic carbocycles. The van der Waals surface area contributed by atoms with Gasteiger partial charge in [-0.25, -0.2) is 4.98 Å². The molecule has 0 atom stereocenters. The quantitative estimate of drug-likeness (QED) is 0.642. The molecule has 0 amide bonds. The molecule has 0 aliphatic heterocycles. The van der Waals surface area contributed by atoms with Crippen molar-refractivity contribution < 1.29 is 9.66 Å². The summed E-state index contributed by atoms with van der Waals surface area (Å²) in [6.45, 7) is 0. The molecular formula is C15H15N3O3. The molecule has 21 heavy (non-hydrogen) atoms. The van der Waals surface area contributed by atoms with Crippen LogP contribution in [0.2, 0.25) is 0 Å². The monoisotopic (exact) mass is 285 g/mol. The van der Waals surface area contributed by atoms with Gasteiger partial charge in [0.05, 0.1) is 30.3 Å². The largest absolute Gasteiger partial charge is 0.490 e. The van der Waals surface area contributed by atoms with Gasteiger partial charge in [0.2, 0.25) is 0 Å². The van der Waals surface area contributed by atoms with Gasteiger partial charge in [-0.15, -0.1) is 0 Å². The number of benzene rings is 1. The fourth-order valence-electron chi connectivity index (χ4n) is 2.82. The van der Waals surface area contributed by atoms with Gasteiger partial charge in [0, 0.05) is 18.2 Å². The van der Waals surface area contributed by atoms with E-state index >= 15 is 0 Å². The van der Waals surface area contributed by atoms with Crippen molar-refractivity contribution in [3.8, 4) is 5.75 Å². The Morgan fingerprint density at radius 2 is 2.24 bits per heavy atom. The number of nitrogens with zero attached hydrogens (tertiary/aromatic N) is 3. The number of nitro groups is 1. The van der Waals surface area contributed by atoms with Crippen molar-refractivity contribution in [2.24, 2.45) is 7.05 Å². The van der Waals surface area contributed by atoms with Gasteiger partial charge in [0.1, 0.15) is 0 Å². The zero-order valence-electron chi connectivity index (χ0n) is 11.9. The minimum absolute atomic E-state index is 0.0720. The first kappa shape index (κ1) is 13.4. The molecule has 0 saturated carbocycles. The van der Waals surface area contributed by atoms with E-state index in [1.54, 1.807) is 18.6 Å². The van der Waals surface area contributed by atoms with E-state index in [4.69, 9.17) is 4.74 Å². The molecule has 108 valence electrons. The van der Waals surface area contributed by atoms with Crippen LogP contribution in [0, 0.1) is 10.1 Å². The van der Waals surface area contributed by atoms with Crippen molar-refractivity contribution in [3.63, 3.8) is 0 Å². The molecule has 0 N–H and O–H groups in total. The summed E-state index contributed by atoms with van der Waals surface area (Å²) >= 11 is 0. The minimum Gasteiger partial charge on any atom is -0.490 e. The Hall–Kier alpha value is -2.63. The van der Waals surface area contributed by atoms with Gasteiger partial charge in [-0.3, -0.25) is 10.1 Å². The molecule has 0 bridgehead atoms. The molecule has 6 nitrogen and oxygen atoms in total. The number of methoxy groups -OCH3 is 1. The summed E-state index contributed by atoms with van der Waals surface area (Å²) in [5, 5.41) is 11.4. The lowest BCUT2D eigenvalue weighted by atomic mass is 9.88. The number of imidazole rings is 1. The third kappa shape index (κ3) is 2.08. The number of aryl methyl sites for hydroxylation is 1. The first-order valence-electron chi connectivity index (χ1n) is 6.65. The van der Waals surface area contributed by atoms with E-state index in [0.717, 1.165) is 28.8 Å². The fraction of sp³-hybridized carbons (Fsp3) is 0.267. The second-order valence-electron chi connectivity index (χ2n) is 4.95. The summed E-state index contributed by atoms with van der Waals surface area (Å²) in [5.41, 5.74) is 3.63. The van der Waals surface area contributed by atoms with Crippen LogP contribution in [0.1, 0.15) is 23.2 Å². The van der Waals surface area contributed by atoms with Crippen molar-refractivity contribution in [3.05, 3.63) is 57.7 Å². The molecule has 1 aromatic carbocycles. The lowest BCUT2D eigenvalue weighted by molar-refractivity contribution is -0.386. The Balaban J connectivity index is 2.22. The van der Waals surface area contributed by atoms with Crippen LogP contribution >= 0.6 is 0 Å². The van der Waals surface area contributed by atoms with Gasteiger partial charge >= 0.3 is 5.69 Å². The molecule has 0 saturated heterocycles. The number of hydrogen-bond donors (Lipinski definition) is 0. The third-order valence-electron chi connectivity index (χ3n) is 3.77. The standard InChI is InChI=1S/C15H15N3O3/c1-17-9-16-8-13(17)11-4-3-5-12-10(11)6-7-14(21-2)15(12)18(19)20/h4,6-9H,3,5H2,1-2H3. The number of hydrogen-bond acceptors (Lipinski definition) is 4. The maximum absolute atomic E-state index is 11.4. The van der Waals surface area contributed by atoms with Crippen molar-refractivity contribution in [2.75, 3.05) is 7.11 Å². The Morgan fingerprint density at radius 3 is 2.86 bits per heavy atom. The van der Waals surface area contributed by atoms with E-state index in [9.17, 15) is 10.1 Å². The first-order chi connectivity index (χ1) is 10.1. The molecule has 0 radical (unpaired) electrons. The average molecular weight is 285 g/mol.